The molecular formula is C20H18N4O2S. The van der Waals surface area contributed by atoms with Crippen LogP contribution in [0.25, 0.3) is 31.9 Å². The normalized spacial score (nSPS) is 15.3. The summed E-state index contributed by atoms with van der Waals surface area (Å²) in [5.74, 6) is 0.849. The van der Waals surface area contributed by atoms with Gasteiger partial charge in [0.2, 0.25) is 5.71 Å². The molecule has 0 saturated carbocycles. The minimum atomic E-state index is -0.399. The summed E-state index contributed by atoms with van der Waals surface area (Å²) in [4.78, 5) is 24.0. The van der Waals surface area contributed by atoms with Gasteiger partial charge in [-0.2, -0.15) is 4.98 Å². The van der Waals surface area contributed by atoms with Gasteiger partial charge in [-0.3, -0.25) is 0 Å². The second kappa shape index (κ2) is 6.75. The molecule has 6 nitrogen and oxygen atoms in total. The topological polar surface area (TPSA) is 71.3 Å². The van der Waals surface area contributed by atoms with Crippen molar-refractivity contribution in [3.8, 4) is 10.6 Å². The third-order valence-corrected chi connectivity index (χ3v) is 5.84. The predicted molar refractivity (Wildman–Crippen MR) is 109 cm³/mol. The zero-order valence-corrected chi connectivity index (χ0v) is 15.5. The van der Waals surface area contributed by atoms with Crippen molar-refractivity contribution >= 4 is 38.5 Å². The van der Waals surface area contributed by atoms with E-state index in [9.17, 15) is 4.79 Å². The number of thiazole rings is 1. The molecule has 136 valence electrons. The van der Waals surface area contributed by atoms with Gasteiger partial charge in [0.25, 0.3) is 0 Å². The van der Waals surface area contributed by atoms with Crippen molar-refractivity contribution in [3.05, 3.63) is 52.9 Å². The van der Waals surface area contributed by atoms with Gasteiger partial charge in [-0.1, -0.05) is 12.1 Å². The molecule has 0 bridgehead atoms. The summed E-state index contributed by atoms with van der Waals surface area (Å²) in [6.07, 6.45) is 1.07. The average Bonchev–Trinajstić information content (AvgIpc) is 2.92. The predicted octanol–water partition coefficient (Wildman–Crippen LogP) is 3.26. The standard InChI is InChI=1S/C20H18N4O2S/c25-20-14(19-22-15-4-1-2-5-16(15)27-19)12-13-6-7-17(23-18(13)26-20)24-10-3-8-21-9-11-24/h1-2,4-7,12,21H,3,8-11H2. The molecule has 1 aliphatic rings. The Bertz CT molecular complexity index is 1140. The van der Waals surface area contributed by atoms with Crippen molar-refractivity contribution in [2.24, 2.45) is 0 Å². The van der Waals surface area contributed by atoms with Crippen LogP contribution in [0.1, 0.15) is 6.42 Å². The average molecular weight is 378 g/mol. The molecule has 0 aliphatic carbocycles. The summed E-state index contributed by atoms with van der Waals surface area (Å²) < 4.78 is 6.61. The molecule has 1 saturated heterocycles. The zero-order chi connectivity index (χ0) is 18.2. The lowest BCUT2D eigenvalue weighted by atomic mass is 10.2. The first-order valence-corrected chi connectivity index (χ1v) is 9.86. The number of hydrogen-bond donors (Lipinski definition) is 1. The van der Waals surface area contributed by atoms with Gasteiger partial charge in [-0.15, -0.1) is 11.3 Å². The molecule has 1 N–H and O–H groups in total. The fourth-order valence-electron chi connectivity index (χ4n) is 3.38. The molecule has 0 radical (unpaired) electrons. The number of nitrogens with one attached hydrogen (secondary N) is 1. The Morgan fingerprint density at radius 1 is 1.07 bits per heavy atom. The number of pyridine rings is 1. The highest BCUT2D eigenvalue weighted by Gasteiger charge is 2.15. The highest BCUT2D eigenvalue weighted by Crippen LogP contribution is 2.30. The third kappa shape index (κ3) is 3.09. The van der Waals surface area contributed by atoms with Crippen molar-refractivity contribution < 1.29 is 4.42 Å². The van der Waals surface area contributed by atoms with Crippen LogP contribution in [0.4, 0.5) is 5.82 Å². The van der Waals surface area contributed by atoms with Crippen LogP contribution in [-0.2, 0) is 0 Å². The van der Waals surface area contributed by atoms with Gasteiger partial charge in [0.1, 0.15) is 10.8 Å². The fraction of sp³-hybridized carbons (Fsp3) is 0.250. The molecule has 0 amide bonds. The van der Waals surface area contributed by atoms with Crippen molar-refractivity contribution in [2.45, 2.75) is 6.42 Å². The smallest absolute Gasteiger partial charge is 0.347 e. The van der Waals surface area contributed by atoms with Crippen LogP contribution in [0, 0.1) is 0 Å². The first kappa shape index (κ1) is 16.4. The molecule has 0 spiro atoms. The van der Waals surface area contributed by atoms with E-state index < -0.39 is 5.63 Å². The lowest BCUT2D eigenvalue weighted by Gasteiger charge is -2.20. The van der Waals surface area contributed by atoms with Gasteiger partial charge < -0.3 is 14.6 Å². The van der Waals surface area contributed by atoms with Crippen LogP contribution in [0.2, 0.25) is 0 Å². The quantitative estimate of drug-likeness (QED) is 0.577. The molecular weight excluding hydrogens is 360 g/mol. The molecule has 1 aromatic carbocycles. The molecule has 5 rings (SSSR count). The SMILES string of the molecule is O=c1oc2nc(N3CCCNCC3)ccc2cc1-c1nc2ccccc2s1. The number of aromatic nitrogens is 2. The molecule has 1 fully saturated rings. The second-order valence-electron chi connectivity index (χ2n) is 6.59. The minimum absolute atomic E-state index is 0.375. The van der Waals surface area contributed by atoms with E-state index >= 15 is 0 Å². The molecule has 0 unspecified atom stereocenters. The number of hydrogen-bond acceptors (Lipinski definition) is 7. The van der Waals surface area contributed by atoms with Crippen LogP contribution in [0.5, 0.6) is 0 Å². The Hall–Kier alpha value is -2.77. The Balaban J connectivity index is 1.56. The largest absolute Gasteiger partial charge is 0.403 e. The van der Waals surface area contributed by atoms with E-state index in [-0.39, 0.29) is 0 Å². The van der Waals surface area contributed by atoms with E-state index in [1.165, 1.54) is 11.3 Å². The van der Waals surface area contributed by atoms with Crippen LogP contribution in [-0.4, -0.2) is 36.1 Å². The van der Waals surface area contributed by atoms with Gasteiger partial charge in [-0.25, -0.2) is 9.78 Å². The lowest BCUT2D eigenvalue weighted by molar-refractivity contribution is 0.551. The first-order chi connectivity index (χ1) is 13.3. The summed E-state index contributed by atoms with van der Waals surface area (Å²) >= 11 is 1.49. The monoisotopic (exact) mass is 378 g/mol. The summed E-state index contributed by atoms with van der Waals surface area (Å²) in [6.45, 7) is 3.79. The van der Waals surface area contributed by atoms with Gasteiger partial charge >= 0.3 is 5.63 Å². The molecule has 4 aromatic rings. The number of fused-ring (bicyclic) bond motifs is 2. The van der Waals surface area contributed by atoms with Crippen LogP contribution in [0.15, 0.2) is 51.7 Å². The number of benzene rings is 1. The Kier molecular flexibility index (Phi) is 4.10. The number of rotatable bonds is 2. The fourth-order valence-corrected chi connectivity index (χ4v) is 4.35. The van der Waals surface area contributed by atoms with Gasteiger partial charge in [0, 0.05) is 25.0 Å². The molecule has 4 heterocycles. The first-order valence-electron chi connectivity index (χ1n) is 9.04. The van der Waals surface area contributed by atoms with E-state index in [4.69, 9.17) is 4.42 Å². The number of anilines is 1. The number of para-hydroxylation sites is 1. The molecule has 0 atom stereocenters. The summed E-state index contributed by atoms with van der Waals surface area (Å²) in [5, 5.41) is 4.86. The van der Waals surface area contributed by atoms with Crippen molar-refractivity contribution in [1.29, 1.82) is 0 Å². The Labute approximate surface area is 159 Å². The van der Waals surface area contributed by atoms with Gasteiger partial charge in [-0.05, 0) is 43.3 Å². The zero-order valence-electron chi connectivity index (χ0n) is 14.6. The van der Waals surface area contributed by atoms with Crippen LogP contribution < -0.4 is 15.8 Å². The maximum Gasteiger partial charge on any atom is 0.347 e. The number of nitrogens with zero attached hydrogens (tertiary/aromatic N) is 3. The van der Waals surface area contributed by atoms with Gasteiger partial charge in [0.15, 0.2) is 0 Å². The molecule has 3 aromatic heterocycles. The van der Waals surface area contributed by atoms with E-state index in [0.29, 0.717) is 16.3 Å². The van der Waals surface area contributed by atoms with Gasteiger partial charge in [0.05, 0.1) is 15.8 Å². The summed E-state index contributed by atoms with van der Waals surface area (Å²) in [5.41, 5.74) is 1.35. The second-order valence-corrected chi connectivity index (χ2v) is 7.62. The molecule has 7 heteroatoms. The maximum absolute atomic E-state index is 12.6. The van der Waals surface area contributed by atoms with E-state index in [1.54, 1.807) is 0 Å². The van der Waals surface area contributed by atoms with Crippen LogP contribution >= 0.6 is 11.3 Å². The summed E-state index contributed by atoms with van der Waals surface area (Å²) in [6, 6.07) is 13.7. The van der Waals surface area contributed by atoms with E-state index in [2.05, 4.69) is 20.2 Å². The summed E-state index contributed by atoms with van der Waals surface area (Å²) in [7, 11) is 0. The van der Waals surface area contributed by atoms with Crippen LogP contribution in [0.3, 0.4) is 0 Å². The molecule has 27 heavy (non-hydrogen) atoms. The Morgan fingerprint density at radius 2 is 2.00 bits per heavy atom. The van der Waals surface area contributed by atoms with E-state index in [1.807, 2.05) is 42.5 Å². The van der Waals surface area contributed by atoms with E-state index in [0.717, 1.165) is 54.0 Å². The Morgan fingerprint density at radius 3 is 2.93 bits per heavy atom. The highest BCUT2D eigenvalue weighted by atomic mass is 32.1. The maximum atomic E-state index is 12.6. The molecule has 1 aliphatic heterocycles. The third-order valence-electron chi connectivity index (χ3n) is 4.77. The lowest BCUT2D eigenvalue weighted by Crippen LogP contribution is -2.28. The highest BCUT2D eigenvalue weighted by molar-refractivity contribution is 7.21. The van der Waals surface area contributed by atoms with Crippen molar-refractivity contribution in [1.82, 2.24) is 15.3 Å². The minimum Gasteiger partial charge on any atom is -0.403 e. The van der Waals surface area contributed by atoms with Crippen molar-refractivity contribution in [3.63, 3.8) is 0 Å². The van der Waals surface area contributed by atoms with Crippen molar-refractivity contribution in [2.75, 3.05) is 31.1 Å².